The summed E-state index contributed by atoms with van der Waals surface area (Å²) in [4.78, 5) is 0. The fraction of sp³-hybridized carbons (Fsp3) is 0.571. The summed E-state index contributed by atoms with van der Waals surface area (Å²) in [6.45, 7) is 7.49. The minimum absolute atomic E-state index is 0.214. The van der Waals surface area contributed by atoms with Gasteiger partial charge in [-0.15, -0.1) is 0 Å². The van der Waals surface area contributed by atoms with Crippen LogP contribution in [0.5, 0.6) is 0 Å². The predicted molar refractivity (Wildman–Crippen MR) is 75.5 cm³/mol. The normalized spacial score (nSPS) is 11.8. The molecule has 0 N–H and O–H groups in total. The van der Waals surface area contributed by atoms with Gasteiger partial charge in [-0.3, -0.25) is 0 Å². The molecule has 0 aromatic heterocycles. The van der Waals surface area contributed by atoms with Crippen molar-refractivity contribution in [1.29, 1.82) is 0 Å². The summed E-state index contributed by atoms with van der Waals surface area (Å²) in [6.07, 6.45) is 0.698. The van der Waals surface area contributed by atoms with Crippen molar-refractivity contribution in [1.82, 2.24) is 0 Å². The van der Waals surface area contributed by atoms with Gasteiger partial charge in [-0.25, -0.2) is 4.39 Å². The van der Waals surface area contributed by atoms with Gasteiger partial charge >= 0.3 is 8.80 Å². The highest BCUT2D eigenvalue weighted by Crippen LogP contribution is 2.19. The average molecular weight is 286 g/mol. The first-order valence-electron chi connectivity index (χ1n) is 6.82. The highest BCUT2D eigenvalue weighted by Gasteiger charge is 2.39. The third kappa shape index (κ3) is 5.40. The number of aryl methyl sites for hydroxylation is 1. The molecule has 1 aromatic carbocycles. The van der Waals surface area contributed by atoms with Crippen molar-refractivity contribution < 1.29 is 17.7 Å². The standard InChI is InChI=1S/C14H23FO3Si/c1-4-16-19(17-5-2,18-6-3)11-10-13-8-7-9-14(15)12-13/h7-9,12H,4-6,10-11H2,1-3H3. The molecule has 0 bridgehead atoms. The summed E-state index contributed by atoms with van der Waals surface area (Å²) >= 11 is 0. The molecule has 0 aliphatic rings. The maximum absolute atomic E-state index is 13.1. The van der Waals surface area contributed by atoms with Crippen LogP contribution in [-0.4, -0.2) is 28.6 Å². The molecule has 5 heteroatoms. The largest absolute Gasteiger partial charge is 0.501 e. The number of halogens is 1. The molecule has 0 unspecified atom stereocenters. The minimum atomic E-state index is -2.62. The Morgan fingerprint density at radius 2 is 1.58 bits per heavy atom. The lowest BCUT2D eigenvalue weighted by atomic mass is 10.2. The number of benzene rings is 1. The molecule has 3 nitrogen and oxygen atoms in total. The Kier molecular flexibility index (Phi) is 7.23. The lowest BCUT2D eigenvalue weighted by Crippen LogP contribution is -2.46. The summed E-state index contributed by atoms with van der Waals surface area (Å²) in [6, 6.07) is 7.29. The molecule has 0 aliphatic heterocycles. The first-order valence-corrected chi connectivity index (χ1v) is 8.75. The van der Waals surface area contributed by atoms with Crippen molar-refractivity contribution in [2.75, 3.05) is 19.8 Å². The maximum Gasteiger partial charge on any atom is 0.501 e. The van der Waals surface area contributed by atoms with Gasteiger partial charge in [0.25, 0.3) is 0 Å². The van der Waals surface area contributed by atoms with E-state index in [1.54, 1.807) is 12.1 Å². The molecular weight excluding hydrogens is 263 g/mol. The smallest absolute Gasteiger partial charge is 0.374 e. The second-order valence-electron chi connectivity index (χ2n) is 4.11. The van der Waals surface area contributed by atoms with E-state index >= 15 is 0 Å². The lowest BCUT2D eigenvalue weighted by Gasteiger charge is -2.28. The molecule has 0 aliphatic carbocycles. The molecule has 1 aromatic rings. The topological polar surface area (TPSA) is 27.7 Å². The Bertz CT molecular complexity index is 356. The minimum Gasteiger partial charge on any atom is -0.374 e. The van der Waals surface area contributed by atoms with Crippen LogP contribution in [0.1, 0.15) is 26.3 Å². The van der Waals surface area contributed by atoms with E-state index < -0.39 is 8.80 Å². The first kappa shape index (κ1) is 16.3. The molecule has 0 saturated heterocycles. The maximum atomic E-state index is 13.1. The second kappa shape index (κ2) is 8.42. The molecule has 0 spiro atoms. The van der Waals surface area contributed by atoms with Crippen molar-refractivity contribution in [2.45, 2.75) is 33.2 Å². The van der Waals surface area contributed by atoms with Crippen molar-refractivity contribution >= 4 is 8.80 Å². The first-order chi connectivity index (χ1) is 9.15. The summed E-state index contributed by atoms with van der Waals surface area (Å²) < 4.78 is 30.4. The van der Waals surface area contributed by atoms with Crippen LogP contribution < -0.4 is 0 Å². The van der Waals surface area contributed by atoms with Gasteiger partial charge in [-0.2, -0.15) is 0 Å². The molecule has 108 valence electrons. The average Bonchev–Trinajstić information content (AvgIpc) is 2.38. The van der Waals surface area contributed by atoms with E-state index in [1.165, 1.54) is 6.07 Å². The molecule has 0 heterocycles. The Labute approximate surface area is 116 Å². The zero-order valence-electron chi connectivity index (χ0n) is 11.9. The summed E-state index contributed by atoms with van der Waals surface area (Å²) in [5, 5.41) is 0. The van der Waals surface area contributed by atoms with Gasteiger partial charge < -0.3 is 13.3 Å². The van der Waals surface area contributed by atoms with Gasteiger partial charge in [0.1, 0.15) is 5.82 Å². The van der Waals surface area contributed by atoms with Gasteiger partial charge in [0.15, 0.2) is 0 Å². The molecule has 1 rings (SSSR count). The highest BCUT2D eigenvalue weighted by atomic mass is 28.4. The predicted octanol–water partition coefficient (Wildman–Crippen LogP) is 3.42. The van der Waals surface area contributed by atoms with Crippen molar-refractivity contribution in [3.8, 4) is 0 Å². The molecule has 0 fully saturated rings. The fourth-order valence-corrected chi connectivity index (χ4v) is 4.59. The number of hydrogen-bond acceptors (Lipinski definition) is 3. The Morgan fingerprint density at radius 3 is 2.05 bits per heavy atom. The second-order valence-corrected chi connectivity index (χ2v) is 6.84. The SMILES string of the molecule is CCO[Si](CCc1cccc(F)c1)(OCC)OCC. The van der Waals surface area contributed by atoms with E-state index in [9.17, 15) is 4.39 Å². The van der Waals surface area contributed by atoms with E-state index in [2.05, 4.69) is 0 Å². The fourth-order valence-electron chi connectivity index (χ4n) is 1.99. The summed E-state index contributed by atoms with van der Waals surface area (Å²) in [5.74, 6) is -0.214. The van der Waals surface area contributed by atoms with E-state index in [-0.39, 0.29) is 5.82 Å². The zero-order chi connectivity index (χ0) is 14.1. The van der Waals surface area contributed by atoms with Crippen LogP contribution >= 0.6 is 0 Å². The Morgan fingerprint density at radius 1 is 1.00 bits per heavy atom. The van der Waals surface area contributed by atoms with Crippen molar-refractivity contribution in [3.63, 3.8) is 0 Å². The van der Waals surface area contributed by atoms with Crippen LogP contribution in [0.3, 0.4) is 0 Å². The monoisotopic (exact) mass is 286 g/mol. The van der Waals surface area contributed by atoms with E-state index in [1.807, 2.05) is 26.8 Å². The van der Waals surface area contributed by atoms with Crippen LogP contribution in [-0.2, 0) is 19.7 Å². The van der Waals surface area contributed by atoms with Crippen LogP contribution in [0.25, 0.3) is 0 Å². The highest BCUT2D eigenvalue weighted by molar-refractivity contribution is 6.60. The van der Waals surface area contributed by atoms with Crippen molar-refractivity contribution in [2.24, 2.45) is 0 Å². The van der Waals surface area contributed by atoms with Gasteiger partial charge in [0, 0.05) is 25.9 Å². The van der Waals surface area contributed by atoms with Gasteiger partial charge in [0.2, 0.25) is 0 Å². The summed E-state index contributed by atoms with van der Waals surface area (Å²) in [7, 11) is -2.62. The van der Waals surface area contributed by atoms with Gasteiger partial charge in [-0.05, 0) is 44.9 Å². The van der Waals surface area contributed by atoms with E-state index in [4.69, 9.17) is 13.3 Å². The van der Waals surface area contributed by atoms with E-state index in [0.29, 0.717) is 32.3 Å². The van der Waals surface area contributed by atoms with E-state index in [0.717, 1.165) is 5.56 Å². The van der Waals surface area contributed by atoms with Crippen LogP contribution in [0.4, 0.5) is 4.39 Å². The Hall–Kier alpha value is -0.753. The van der Waals surface area contributed by atoms with Gasteiger partial charge in [-0.1, -0.05) is 12.1 Å². The quantitative estimate of drug-likeness (QED) is 0.651. The molecule has 19 heavy (non-hydrogen) atoms. The Balaban J connectivity index is 2.70. The van der Waals surface area contributed by atoms with Crippen LogP contribution in [0.2, 0.25) is 6.04 Å². The lowest BCUT2D eigenvalue weighted by molar-refractivity contribution is 0.0714. The number of rotatable bonds is 9. The molecule has 0 atom stereocenters. The zero-order valence-corrected chi connectivity index (χ0v) is 12.9. The molecular formula is C14H23FO3Si. The number of hydrogen-bond donors (Lipinski definition) is 0. The van der Waals surface area contributed by atoms with Crippen LogP contribution in [0.15, 0.2) is 24.3 Å². The molecule has 0 amide bonds. The third-order valence-corrected chi connectivity index (χ3v) is 5.75. The van der Waals surface area contributed by atoms with Crippen molar-refractivity contribution in [3.05, 3.63) is 35.6 Å². The summed E-state index contributed by atoms with van der Waals surface area (Å²) in [5.41, 5.74) is 0.941. The third-order valence-electron chi connectivity index (χ3n) is 2.70. The molecule has 0 saturated carbocycles. The van der Waals surface area contributed by atoms with Gasteiger partial charge in [0.05, 0.1) is 0 Å². The van der Waals surface area contributed by atoms with Crippen LogP contribution in [0, 0.1) is 5.82 Å². The molecule has 0 radical (unpaired) electrons.